The van der Waals surface area contributed by atoms with E-state index in [4.69, 9.17) is 9.47 Å². The molecule has 0 saturated carbocycles. The summed E-state index contributed by atoms with van der Waals surface area (Å²) in [7, 11) is 0. The molecule has 2 N–H and O–H groups in total. The summed E-state index contributed by atoms with van der Waals surface area (Å²) in [5.41, 5.74) is -1.32. The molecule has 0 rings (SSSR count). The number of unbranched alkanes of at least 4 members (excludes halogenated alkanes) is 14. The van der Waals surface area contributed by atoms with Crippen LogP contribution in [0.5, 0.6) is 0 Å². The molecular formula is C27H49O8-. The fraction of sp³-hybridized carbons (Fsp3) is 0.889. The fourth-order valence-electron chi connectivity index (χ4n) is 3.73. The first-order valence-electron chi connectivity index (χ1n) is 13.6. The maximum absolute atomic E-state index is 12.0. The molecule has 8 nitrogen and oxygen atoms in total. The number of rotatable bonds is 25. The minimum Gasteiger partial charge on any atom is -0.550 e. The SMILES string of the molecule is CCCCCCCCCCCCCCCCCC(=O)OCC(CO)(CO)COC(=O)CCC(=O)[O-]. The molecule has 0 aromatic carbocycles. The van der Waals surface area contributed by atoms with Crippen molar-refractivity contribution >= 4 is 17.9 Å². The van der Waals surface area contributed by atoms with Crippen LogP contribution in [0.4, 0.5) is 0 Å². The highest BCUT2D eigenvalue weighted by Crippen LogP contribution is 2.19. The van der Waals surface area contributed by atoms with Crippen molar-refractivity contribution in [3.63, 3.8) is 0 Å². The summed E-state index contributed by atoms with van der Waals surface area (Å²) in [6.07, 6.45) is 18.1. The minimum absolute atomic E-state index is 0.261. The van der Waals surface area contributed by atoms with Gasteiger partial charge in [-0.15, -0.1) is 0 Å². The molecule has 0 heterocycles. The van der Waals surface area contributed by atoms with Crippen molar-refractivity contribution in [1.29, 1.82) is 0 Å². The van der Waals surface area contributed by atoms with Crippen molar-refractivity contribution in [2.24, 2.45) is 5.41 Å². The monoisotopic (exact) mass is 501 g/mol. The van der Waals surface area contributed by atoms with Crippen LogP contribution in [0.1, 0.15) is 122 Å². The Morgan fingerprint density at radius 1 is 0.600 bits per heavy atom. The largest absolute Gasteiger partial charge is 0.550 e. The van der Waals surface area contributed by atoms with Crippen LogP contribution in [0.25, 0.3) is 0 Å². The Labute approximate surface area is 211 Å². The summed E-state index contributed by atoms with van der Waals surface area (Å²) in [5, 5.41) is 29.6. The van der Waals surface area contributed by atoms with Crippen LogP contribution in [0.15, 0.2) is 0 Å². The Morgan fingerprint density at radius 3 is 1.34 bits per heavy atom. The van der Waals surface area contributed by atoms with Crippen LogP contribution in [0.2, 0.25) is 0 Å². The maximum Gasteiger partial charge on any atom is 0.306 e. The molecule has 0 spiro atoms. The van der Waals surface area contributed by atoms with Gasteiger partial charge < -0.3 is 29.6 Å². The van der Waals surface area contributed by atoms with E-state index in [2.05, 4.69) is 6.92 Å². The van der Waals surface area contributed by atoms with E-state index in [-0.39, 0.29) is 26.1 Å². The number of aliphatic hydroxyl groups excluding tert-OH is 2. The van der Waals surface area contributed by atoms with Gasteiger partial charge in [0, 0.05) is 12.4 Å². The molecule has 0 aromatic rings. The van der Waals surface area contributed by atoms with Crippen LogP contribution in [0, 0.1) is 5.41 Å². The molecule has 0 unspecified atom stereocenters. The van der Waals surface area contributed by atoms with Gasteiger partial charge in [0.15, 0.2) is 0 Å². The van der Waals surface area contributed by atoms with Gasteiger partial charge in [-0.1, -0.05) is 96.8 Å². The van der Waals surface area contributed by atoms with E-state index in [1.807, 2.05) is 0 Å². The van der Waals surface area contributed by atoms with Crippen LogP contribution in [0.3, 0.4) is 0 Å². The highest BCUT2D eigenvalue weighted by Gasteiger charge is 2.32. The minimum atomic E-state index is -1.37. The number of ether oxygens (including phenoxy) is 2. The number of esters is 2. The Kier molecular flexibility index (Phi) is 21.7. The van der Waals surface area contributed by atoms with Crippen molar-refractivity contribution < 1.29 is 39.2 Å². The van der Waals surface area contributed by atoms with E-state index >= 15 is 0 Å². The average Bonchev–Trinajstić information content (AvgIpc) is 2.85. The highest BCUT2D eigenvalue weighted by molar-refractivity contribution is 5.75. The van der Waals surface area contributed by atoms with Crippen molar-refractivity contribution in [1.82, 2.24) is 0 Å². The lowest BCUT2D eigenvalue weighted by molar-refractivity contribution is -0.305. The number of carboxylic acids is 1. The molecule has 0 aliphatic rings. The predicted octanol–water partition coefficient (Wildman–Crippen LogP) is 3.84. The standard InChI is InChI=1S/C27H50O8/c1-2-3-4-5-6-7-8-9-10-11-12-13-14-15-16-17-25(32)34-22-27(20-28,21-29)23-35-26(33)19-18-24(30)31/h28-29H,2-23H2,1H3,(H,30,31)/p-1. The lowest BCUT2D eigenvalue weighted by atomic mass is 9.92. The molecule has 0 bridgehead atoms. The topological polar surface area (TPSA) is 133 Å². The first-order valence-corrected chi connectivity index (χ1v) is 13.6. The van der Waals surface area contributed by atoms with E-state index in [1.54, 1.807) is 0 Å². The van der Waals surface area contributed by atoms with Gasteiger partial charge >= 0.3 is 11.9 Å². The Hall–Kier alpha value is -1.67. The van der Waals surface area contributed by atoms with Gasteiger partial charge in [-0.05, 0) is 12.8 Å². The van der Waals surface area contributed by atoms with E-state index in [1.165, 1.54) is 77.0 Å². The summed E-state index contributed by atoms with van der Waals surface area (Å²) >= 11 is 0. The van der Waals surface area contributed by atoms with Crippen molar-refractivity contribution in [3.8, 4) is 0 Å². The smallest absolute Gasteiger partial charge is 0.306 e. The number of carboxylic acid groups (broad SMARTS) is 1. The van der Waals surface area contributed by atoms with Crippen LogP contribution in [-0.4, -0.2) is 54.5 Å². The first kappa shape index (κ1) is 33.3. The Balaban J connectivity index is 3.75. The van der Waals surface area contributed by atoms with Crippen LogP contribution >= 0.6 is 0 Å². The molecule has 0 radical (unpaired) electrons. The predicted molar refractivity (Wildman–Crippen MR) is 132 cm³/mol. The van der Waals surface area contributed by atoms with Gasteiger partial charge in [0.05, 0.1) is 25.0 Å². The summed E-state index contributed by atoms with van der Waals surface area (Å²) in [6, 6.07) is 0. The van der Waals surface area contributed by atoms with E-state index in [0.29, 0.717) is 0 Å². The molecule has 0 aliphatic carbocycles. The van der Waals surface area contributed by atoms with Gasteiger partial charge in [-0.3, -0.25) is 9.59 Å². The van der Waals surface area contributed by atoms with E-state index in [0.717, 1.165) is 19.3 Å². The first-order chi connectivity index (χ1) is 16.9. The molecule has 0 saturated heterocycles. The normalized spacial score (nSPS) is 11.4. The van der Waals surface area contributed by atoms with Gasteiger partial charge in [-0.2, -0.15) is 0 Å². The van der Waals surface area contributed by atoms with Crippen molar-refractivity contribution in [2.45, 2.75) is 122 Å². The van der Waals surface area contributed by atoms with Gasteiger partial charge in [-0.25, -0.2) is 0 Å². The highest BCUT2D eigenvalue weighted by atomic mass is 16.5. The van der Waals surface area contributed by atoms with Gasteiger partial charge in [0.1, 0.15) is 13.2 Å². The number of aliphatic hydroxyl groups is 2. The molecular weight excluding hydrogens is 452 g/mol. The number of hydrogen-bond donors (Lipinski definition) is 2. The third kappa shape index (κ3) is 20.2. The number of hydrogen-bond acceptors (Lipinski definition) is 8. The summed E-state index contributed by atoms with van der Waals surface area (Å²) < 4.78 is 10.1. The Bertz CT molecular complexity index is 545. The number of carbonyl (C=O) groups is 3. The zero-order chi connectivity index (χ0) is 26.2. The van der Waals surface area contributed by atoms with E-state index < -0.39 is 43.0 Å². The second-order valence-electron chi connectivity index (χ2n) is 9.71. The van der Waals surface area contributed by atoms with Crippen molar-refractivity contribution in [2.75, 3.05) is 26.4 Å². The third-order valence-corrected chi connectivity index (χ3v) is 6.27. The summed E-state index contributed by atoms with van der Waals surface area (Å²) in [5.74, 6) is -2.58. The second-order valence-corrected chi connectivity index (χ2v) is 9.71. The molecule has 0 aliphatic heterocycles. The quantitative estimate of drug-likeness (QED) is 0.142. The molecule has 8 heteroatoms. The lowest BCUT2D eigenvalue weighted by Gasteiger charge is -2.28. The maximum atomic E-state index is 12.0. The molecule has 0 amide bonds. The second kappa shape index (κ2) is 22.8. The third-order valence-electron chi connectivity index (χ3n) is 6.27. The van der Waals surface area contributed by atoms with Gasteiger partial charge in [0.25, 0.3) is 0 Å². The molecule has 0 atom stereocenters. The van der Waals surface area contributed by atoms with Gasteiger partial charge in [0.2, 0.25) is 0 Å². The molecule has 0 fully saturated rings. The van der Waals surface area contributed by atoms with Crippen molar-refractivity contribution in [3.05, 3.63) is 0 Å². The molecule has 206 valence electrons. The molecule has 35 heavy (non-hydrogen) atoms. The average molecular weight is 502 g/mol. The number of aliphatic carboxylic acids is 1. The van der Waals surface area contributed by atoms with Crippen LogP contribution in [-0.2, 0) is 23.9 Å². The zero-order valence-corrected chi connectivity index (χ0v) is 21.9. The summed E-state index contributed by atoms with van der Waals surface area (Å²) in [6.45, 7) is 0.479. The lowest BCUT2D eigenvalue weighted by Crippen LogP contribution is -2.41. The molecule has 0 aromatic heterocycles. The Morgan fingerprint density at radius 2 is 0.971 bits per heavy atom. The fourth-order valence-corrected chi connectivity index (χ4v) is 3.73. The van der Waals surface area contributed by atoms with E-state index in [9.17, 15) is 29.7 Å². The summed E-state index contributed by atoms with van der Waals surface area (Å²) in [4.78, 5) is 33.9. The van der Waals surface area contributed by atoms with Crippen LogP contribution < -0.4 is 5.11 Å². The number of carbonyl (C=O) groups excluding carboxylic acids is 3. The zero-order valence-electron chi connectivity index (χ0n) is 21.9.